The van der Waals surface area contributed by atoms with Crippen molar-refractivity contribution in [3.63, 3.8) is 0 Å². The van der Waals surface area contributed by atoms with E-state index in [2.05, 4.69) is 41.5 Å². The molecule has 16 heavy (non-hydrogen) atoms. The molecule has 0 aromatic carbocycles. The Kier molecular flexibility index (Phi) is 5.99. The van der Waals surface area contributed by atoms with Crippen LogP contribution in [0.4, 0.5) is 0 Å². The predicted octanol–water partition coefficient (Wildman–Crippen LogP) is 3.36. The highest BCUT2D eigenvalue weighted by atomic mass is 16.3. The van der Waals surface area contributed by atoms with E-state index < -0.39 is 0 Å². The van der Waals surface area contributed by atoms with E-state index in [-0.39, 0.29) is 23.0 Å². The fourth-order valence-corrected chi connectivity index (χ4v) is 1.79. The van der Waals surface area contributed by atoms with Crippen LogP contribution in [0.15, 0.2) is 0 Å². The van der Waals surface area contributed by atoms with E-state index in [1.807, 2.05) is 0 Å². The Morgan fingerprint density at radius 1 is 0.938 bits per heavy atom. The van der Waals surface area contributed by atoms with Crippen LogP contribution in [-0.2, 0) is 0 Å². The van der Waals surface area contributed by atoms with Crippen LogP contribution in [0.5, 0.6) is 0 Å². The van der Waals surface area contributed by atoms with E-state index in [9.17, 15) is 10.2 Å². The summed E-state index contributed by atoms with van der Waals surface area (Å²) in [6.07, 6.45) is 2.55. The Hall–Kier alpha value is -0.0800. The van der Waals surface area contributed by atoms with E-state index in [0.29, 0.717) is 12.8 Å². The van der Waals surface area contributed by atoms with E-state index in [4.69, 9.17) is 0 Å². The molecule has 98 valence electrons. The summed E-state index contributed by atoms with van der Waals surface area (Å²) in [6.45, 7) is 12.6. The van der Waals surface area contributed by atoms with Crippen molar-refractivity contribution in [2.75, 3.05) is 0 Å². The number of aliphatic hydroxyl groups excluding tert-OH is 2. The van der Waals surface area contributed by atoms with Crippen molar-refractivity contribution in [3.8, 4) is 0 Å². The van der Waals surface area contributed by atoms with Gasteiger partial charge in [-0.25, -0.2) is 0 Å². The maximum atomic E-state index is 10.0. The minimum Gasteiger partial charge on any atom is -0.393 e. The molecule has 0 fully saturated rings. The highest BCUT2D eigenvalue weighted by Crippen LogP contribution is 2.29. The molecule has 0 bridgehead atoms. The SMILES string of the molecule is CCC(C)(C)C(O)CCC(O)CC(C)(C)C. The minimum absolute atomic E-state index is 0.0402. The summed E-state index contributed by atoms with van der Waals surface area (Å²) in [4.78, 5) is 0. The number of aliphatic hydroxyl groups is 2. The molecule has 2 unspecified atom stereocenters. The summed E-state index contributed by atoms with van der Waals surface area (Å²) in [5.74, 6) is 0. The zero-order valence-electron chi connectivity index (χ0n) is 11.9. The second-order valence-corrected chi connectivity index (χ2v) is 6.85. The normalized spacial score (nSPS) is 17.2. The minimum atomic E-state index is -0.313. The molecule has 0 radical (unpaired) electrons. The van der Waals surface area contributed by atoms with Crippen LogP contribution in [0.2, 0.25) is 0 Å². The Morgan fingerprint density at radius 2 is 1.44 bits per heavy atom. The molecule has 0 aromatic rings. The molecular formula is C14H30O2. The third-order valence-electron chi connectivity index (χ3n) is 3.43. The van der Waals surface area contributed by atoms with Crippen LogP contribution < -0.4 is 0 Å². The second kappa shape index (κ2) is 6.02. The molecule has 0 aliphatic rings. The highest BCUT2D eigenvalue weighted by Gasteiger charge is 2.26. The third-order valence-corrected chi connectivity index (χ3v) is 3.43. The summed E-state index contributed by atoms with van der Waals surface area (Å²) in [6, 6.07) is 0. The molecule has 2 heteroatoms. The molecule has 0 rings (SSSR count). The quantitative estimate of drug-likeness (QED) is 0.734. The van der Waals surface area contributed by atoms with Gasteiger partial charge in [0.1, 0.15) is 0 Å². The molecule has 0 heterocycles. The van der Waals surface area contributed by atoms with Crippen LogP contribution in [0, 0.1) is 10.8 Å². The highest BCUT2D eigenvalue weighted by molar-refractivity contribution is 4.78. The maximum Gasteiger partial charge on any atom is 0.0592 e. The third kappa shape index (κ3) is 6.49. The molecule has 0 aliphatic carbocycles. The van der Waals surface area contributed by atoms with Crippen molar-refractivity contribution in [1.29, 1.82) is 0 Å². The fourth-order valence-electron chi connectivity index (χ4n) is 1.79. The molecule has 2 nitrogen and oxygen atoms in total. The summed E-state index contributed by atoms with van der Waals surface area (Å²) in [7, 11) is 0. The van der Waals surface area contributed by atoms with Gasteiger partial charge in [-0.1, -0.05) is 41.5 Å². The molecule has 0 saturated carbocycles. The van der Waals surface area contributed by atoms with Gasteiger partial charge in [-0.3, -0.25) is 0 Å². The molecule has 0 aliphatic heterocycles. The fraction of sp³-hybridized carbons (Fsp3) is 1.00. The summed E-state index contributed by atoms with van der Waals surface area (Å²) < 4.78 is 0. The average molecular weight is 230 g/mol. The van der Waals surface area contributed by atoms with Crippen molar-refractivity contribution >= 4 is 0 Å². The van der Waals surface area contributed by atoms with Gasteiger partial charge in [0.05, 0.1) is 12.2 Å². The topological polar surface area (TPSA) is 40.5 Å². The molecule has 2 atom stereocenters. The largest absolute Gasteiger partial charge is 0.393 e. The summed E-state index contributed by atoms with van der Waals surface area (Å²) in [5.41, 5.74) is 0.117. The molecular weight excluding hydrogens is 200 g/mol. The van der Waals surface area contributed by atoms with Crippen LogP contribution in [0.1, 0.15) is 67.2 Å². The van der Waals surface area contributed by atoms with Crippen LogP contribution in [0.3, 0.4) is 0 Å². The number of hydrogen-bond donors (Lipinski definition) is 2. The van der Waals surface area contributed by atoms with Crippen molar-refractivity contribution in [2.45, 2.75) is 79.4 Å². The van der Waals surface area contributed by atoms with E-state index in [1.54, 1.807) is 0 Å². The first-order chi connectivity index (χ1) is 7.08. The number of rotatable bonds is 6. The Labute approximate surface area is 101 Å². The van der Waals surface area contributed by atoms with Crippen molar-refractivity contribution < 1.29 is 10.2 Å². The number of hydrogen-bond acceptors (Lipinski definition) is 2. The van der Waals surface area contributed by atoms with Gasteiger partial charge >= 0.3 is 0 Å². The van der Waals surface area contributed by atoms with Gasteiger partial charge < -0.3 is 10.2 Å². The van der Waals surface area contributed by atoms with Crippen molar-refractivity contribution in [3.05, 3.63) is 0 Å². The lowest BCUT2D eigenvalue weighted by atomic mass is 9.80. The van der Waals surface area contributed by atoms with E-state index >= 15 is 0 Å². The van der Waals surface area contributed by atoms with E-state index in [1.165, 1.54) is 0 Å². The van der Waals surface area contributed by atoms with Gasteiger partial charge in [0.15, 0.2) is 0 Å². The molecule has 0 aromatic heterocycles. The zero-order chi connectivity index (χ0) is 13.0. The van der Waals surface area contributed by atoms with Crippen molar-refractivity contribution in [1.82, 2.24) is 0 Å². The standard InChI is InChI=1S/C14H30O2/c1-7-14(5,6)12(16)9-8-11(15)10-13(2,3)4/h11-12,15-16H,7-10H2,1-6H3. The summed E-state index contributed by atoms with van der Waals surface area (Å²) >= 11 is 0. The Balaban J connectivity index is 3.97. The first-order valence-electron chi connectivity index (χ1n) is 6.44. The van der Waals surface area contributed by atoms with Gasteiger partial charge in [0, 0.05) is 0 Å². The zero-order valence-corrected chi connectivity index (χ0v) is 11.9. The summed E-state index contributed by atoms with van der Waals surface area (Å²) in [5, 5.41) is 19.9. The average Bonchev–Trinajstić information content (AvgIpc) is 2.11. The first-order valence-corrected chi connectivity index (χ1v) is 6.44. The molecule has 0 amide bonds. The predicted molar refractivity (Wildman–Crippen MR) is 69.4 cm³/mol. The molecule has 0 spiro atoms. The van der Waals surface area contributed by atoms with E-state index in [0.717, 1.165) is 12.8 Å². The second-order valence-electron chi connectivity index (χ2n) is 6.85. The maximum absolute atomic E-state index is 10.0. The van der Waals surface area contributed by atoms with Gasteiger partial charge in [-0.05, 0) is 36.5 Å². The molecule has 2 N–H and O–H groups in total. The Bertz CT molecular complexity index is 191. The Morgan fingerprint density at radius 3 is 1.81 bits per heavy atom. The van der Waals surface area contributed by atoms with Gasteiger partial charge in [-0.15, -0.1) is 0 Å². The smallest absolute Gasteiger partial charge is 0.0592 e. The lowest BCUT2D eigenvalue weighted by Gasteiger charge is -2.30. The van der Waals surface area contributed by atoms with Crippen LogP contribution >= 0.6 is 0 Å². The monoisotopic (exact) mass is 230 g/mol. The van der Waals surface area contributed by atoms with Crippen LogP contribution in [0.25, 0.3) is 0 Å². The van der Waals surface area contributed by atoms with Crippen LogP contribution in [-0.4, -0.2) is 22.4 Å². The molecule has 0 saturated heterocycles. The van der Waals surface area contributed by atoms with Gasteiger partial charge in [0.2, 0.25) is 0 Å². The van der Waals surface area contributed by atoms with Crippen molar-refractivity contribution in [2.24, 2.45) is 10.8 Å². The lowest BCUT2D eigenvalue weighted by molar-refractivity contribution is 0.0210. The van der Waals surface area contributed by atoms with Gasteiger partial charge in [0.25, 0.3) is 0 Å². The first kappa shape index (κ1) is 15.9. The van der Waals surface area contributed by atoms with Gasteiger partial charge in [-0.2, -0.15) is 0 Å². The lowest BCUT2D eigenvalue weighted by Crippen LogP contribution is -2.30.